The quantitative estimate of drug-likeness (QED) is 0.475. The SMILES string of the molecule is COc1cc(OC)c2cc(CCCNc3nn4c(=O)ccnc4s3)[nH]c2c1. The number of methoxy groups -OCH3 is 2. The van der Waals surface area contributed by atoms with E-state index < -0.39 is 0 Å². The first-order valence-corrected chi connectivity index (χ1v) is 9.32. The molecule has 0 saturated carbocycles. The molecule has 0 atom stereocenters. The number of aromatic amines is 1. The Morgan fingerprint density at radius 1 is 1.26 bits per heavy atom. The second kappa shape index (κ2) is 7.28. The van der Waals surface area contributed by atoms with E-state index in [1.54, 1.807) is 14.2 Å². The molecular formula is C18H19N5O3S. The average molecular weight is 385 g/mol. The van der Waals surface area contributed by atoms with Crippen molar-refractivity contribution in [2.75, 3.05) is 26.1 Å². The van der Waals surface area contributed by atoms with Crippen molar-refractivity contribution in [1.82, 2.24) is 19.6 Å². The first-order chi connectivity index (χ1) is 13.2. The molecule has 0 radical (unpaired) electrons. The zero-order valence-corrected chi connectivity index (χ0v) is 15.8. The summed E-state index contributed by atoms with van der Waals surface area (Å²) in [6.07, 6.45) is 3.28. The highest BCUT2D eigenvalue weighted by atomic mass is 32.1. The number of aromatic nitrogens is 4. The first kappa shape index (κ1) is 17.3. The van der Waals surface area contributed by atoms with Crippen molar-refractivity contribution >= 4 is 32.3 Å². The molecule has 0 aliphatic heterocycles. The molecule has 2 N–H and O–H groups in total. The lowest BCUT2D eigenvalue weighted by Crippen LogP contribution is -2.13. The normalized spacial score (nSPS) is 11.2. The molecule has 0 spiro atoms. The van der Waals surface area contributed by atoms with Crippen LogP contribution in [0.4, 0.5) is 5.13 Å². The van der Waals surface area contributed by atoms with Gasteiger partial charge in [0.05, 0.1) is 19.7 Å². The molecule has 0 saturated heterocycles. The van der Waals surface area contributed by atoms with Gasteiger partial charge in [0, 0.05) is 42.0 Å². The van der Waals surface area contributed by atoms with E-state index in [-0.39, 0.29) is 5.56 Å². The Bertz CT molecular complexity index is 1150. The van der Waals surface area contributed by atoms with E-state index in [0.29, 0.717) is 10.1 Å². The zero-order chi connectivity index (χ0) is 18.8. The largest absolute Gasteiger partial charge is 0.497 e. The third kappa shape index (κ3) is 3.45. The molecule has 1 aromatic carbocycles. The number of nitrogens with zero attached hydrogens (tertiary/aromatic N) is 3. The topological polar surface area (TPSA) is 93.5 Å². The number of fused-ring (bicyclic) bond motifs is 2. The number of anilines is 1. The Morgan fingerprint density at radius 3 is 2.93 bits per heavy atom. The second-order valence-electron chi connectivity index (χ2n) is 6.00. The number of hydrogen-bond acceptors (Lipinski definition) is 7. The second-order valence-corrected chi connectivity index (χ2v) is 6.96. The fourth-order valence-electron chi connectivity index (χ4n) is 2.95. The van der Waals surface area contributed by atoms with Crippen molar-refractivity contribution in [3.8, 4) is 11.5 Å². The molecule has 4 rings (SSSR count). The van der Waals surface area contributed by atoms with Crippen LogP contribution >= 0.6 is 11.3 Å². The molecule has 0 fully saturated rings. The Morgan fingerprint density at radius 2 is 2.15 bits per heavy atom. The summed E-state index contributed by atoms with van der Waals surface area (Å²) in [6.45, 7) is 0.740. The predicted octanol–water partition coefficient (Wildman–Crippen LogP) is 2.69. The molecule has 9 heteroatoms. The minimum Gasteiger partial charge on any atom is -0.497 e. The molecule has 0 aliphatic rings. The van der Waals surface area contributed by atoms with Gasteiger partial charge in [-0.2, -0.15) is 4.52 Å². The number of nitrogens with one attached hydrogen (secondary N) is 2. The first-order valence-electron chi connectivity index (χ1n) is 8.50. The molecule has 4 aromatic rings. The van der Waals surface area contributed by atoms with Crippen molar-refractivity contribution in [2.45, 2.75) is 12.8 Å². The minimum atomic E-state index is -0.174. The Balaban J connectivity index is 1.41. The van der Waals surface area contributed by atoms with Crippen molar-refractivity contribution in [3.05, 3.63) is 46.5 Å². The van der Waals surface area contributed by atoms with E-state index in [1.165, 1.54) is 28.1 Å². The molecule has 0 bridgehead atoms. The molecule has 27 heavy (non-hydrogen) atoms. The van der Waals surface area contributed by atoms with Crippen LogP contribution in [0.2, 0.25) is 0 Å². The van der Waals surface area contributed by atoms with Gasteiger partial charge in [-0.25, -0.2) is 4.98 Å². The van der Waals surface area contributed by atoms with Crippen LogP contribution in [0.3, 0.4) is 0 Å². The van der Waals surface area contributed by atoms with Gasteiger partial charge in [0.15, 0.2) is 0 Å². The maximum Gasteiger partial charge on any atom is 0.275 e. The van der Waals surface area contributed by atoms with E-state index >= 15 is 0 Å². The van der Waals surface area contributed by atoms with Gasteiger partial charge in [0.1, 0.15) is 11.5 Å². The molecule has 0 unspecified atom stereocenters. The van der Waals surface area contributed by atoms with Crippen LogP contribution in [-0.4, -0.2) is 40.3 Å². The maximum absolute atomic E-state index is 11.7. The number of rotatable bonds is 7. The Labute approximate surface area is 158 Å². The van der Waals surface area contributed by atoms with Gasteiger partial charge in [0.25, 0.3) is 5.56 Å². The lowest BCUT2D eigenvalue weighted by Gasteiger charge is -2.04. The third-order valence-corrected chi connectivity index (χ3v) is 5.14. The summed E-state index contributed by atoms with van der Waals surface area (Å²) in [4.78, 5) is 19.9. The summed E-state index contributed by atoms with van der Waals surface area (Å²) in [5, 5.41) is 9.23. The van der Waals surface area contributed by atoms with Crippen molar-refractivity contribution < 1.29 is 9.47 Å². The maximum atomic E-state index is 11.7. The molecule has 8 nitrogen and oxygen atoms in total. The van der Waals surface area contributed by atoms with Gasteiger partial charge in [-0.1, -0.05) is 11.3 Å². The van der Waals surface area contributed by atoms with E-state index in [1.807, 2.05) is 12.1 Å². The monoisotopic (exact) mass is 385 g/mol. The lowest BCUT2D eigenvalue weighted by molar-refractivity contribution is 0.398. The van der Waals surface area contributed by atoms with E-state index in [9.17, 15) is 4.79 Å². The van der Waals surface area contributed by atoms with Gasteiger partial charge >= 0.3 is 0 Å². The van der Waals surface area contributed by atoms with Crippen LogP contribution in [0.25, 0.3) is 15.9 Å². The van der Waals surface area contributed by atoms with E-state index in [0.717, 1.165) is 47.5 Å². The molecule has 3 heterocycles. The minimum absolute atomic E-state index is 0.174. The van der Waals surface area contributed by atoms with Gasteiger partial charge in [0.2, 0.25) is 10.1 Å². The number of ether oxygens (including phenoxy) is 2. The highest BCUT2D eigenvalue weighted by Gasteiger charge is 2.09. The van der Waals surface area contributed by atoms with Crippen molar-refractivity contribution in [2.24, 2.45) is 0 Å². The number of aryl methyl sites for hydroxylation is 1. The van der Waals surface area contributed by atoms with Gasteiger partial charge < -0.3 is 19.8 Å². The number of hydrogen-bond donors (Lipinski definition) is 2. The van der Waals surface area contributed by atoms with E-state index in [2.05, 4.69) is 26.4 Å². The summed E-state index contributed by atoms with van der Waals surface area (Å²) >= 11 is 1.36. The van der Waals surface area contributed by atoms with Crippen molar-refractivity contribution in [1.29, 1.82) is 0 Å². The van der Waals surface area contributed by atoms with Crippen LogP contribution in [0.1, 0.15) is 12.1 Å². The average Bonchev–Trinajstić information content (AvgIpc) is 3.28. The number of benzene rings is 1. The van der Waals surface area contributed by atoms with Crippen LogP contribution in [0.5, 0.6) is 11.5 Å². The summed E-state index contributed by atoms with van der Waals surface area (Å²) in [5.41, 5.74) is 1.94. The fraction of sp³-hybridized carbons (Fsp3) is 0.278. The Hall–Kier alpha value is -3.07. The summed E-state index contributed by atoms with van der Waals surface area (Å²) in [7, 11) is 3.30. The molecule has 0 aliphatic carbocycles. The van der Waals surface area contributed by atoms with Gasteiger partial charge in [-0.05, 0) is 18.9 Å². The standard InChI is InChI=1S/C18H19N5O3S/c1-25-12-9-14-13(15(10-12)26-2)8-11(21-14)4-3-6-19-17-22-23-16(24)5-7-20-18(23)27-17/h5,7-10,21H,3-4,6H2,1-2H3,(H,19,22). The summed E-state index contributed by atoms with van der Waals surface area (Å²) in [5.74, 6) is 1.55. The van der Waals surface area contributed by atoms with Gasteiger partial charge in [-0.15, -0.1) is 5.10 Å². The summed E-state index contributed by atoms with van der Waals surface area (Å²) in [6, 6.07) is 7.35. The molecule has 140 valence electrons. The van der Waals surface area contributed by atoms with Crippen LogP contribution < -0.4 is 20.3 Å². The van der Waals surface area contributed by atoms with Crippen LogP contribution in [-0.2, 0) is 6.42 Å². The van der Waals surface area contributed by atoms with E-state index in [4.69, 9.17) is 9.47 Å². The highest BCUT2D eigenvalue weighted by molar-refractivity contribution is 7.20. The molecule has 3 aromatic heterocycles. The summed E-state index contributed by atoms with van der Waals surface area (Å²) < 4.78 is 12.1. The molecule has 0 amide bonds. The van der Waals surface area contributed by atoms with Crippen LogP contribution in [0, 0.1) is 0 Å². The predicted molar refractivity (Wildman–Crippen MR) is 105 cm³/mol. The zero-order valence-electron chi connectivity index (χ0n) is 15.0. The lowest BCUT2D eigenvalue weighted by atomic mass is 10.2. The Kier molecular flexibility index (Phi) is 4.68. The smallest absolute Gasteiger partial charge is 0.275 e. The molecular weight excluding hydrogens is 366 g/mol. The third-order valence-electron chi connectivity index (χ3n) is 4.25. The van der Waals surface area contributed by atoms with Crippen LogP contribution in [0.15, 0.2) is 35.3 Å². The highest BCUT2D eigenvalue weighted by Crippen LogP contribution is 2.31. The number of H-pyrrole nitrogens is 1. The van der Waals surface area contributed by atoms with Gasteiger partial charge in [-0.3, -0.25) is 4.79 Å². The fourth-order valence-corrected chi connectivity index (χ4v) is 3.75. The van der Waals surface area contributed by atoms with Crippen molar-refractivity contribution in [3.63, 3.8) is 0 Å².